The lowest BCUT2D eigenvalue weighted by Gasteiger charge is -2.32. The summed E-state index contributed by atoms with van der Waals surface area (Å²) in [6, 6.07) is 6.83. The Morgan fingerprint density at radius 1 is 1.21 bits per heavy atom. The van der Waals surface area contributed by atoms with Crippen LogP contribution in [0.2, 0.25) is 0 Å². The van der Waals surface area contributed by atoms with Gasteiger partial charge in [-0.2, -0.15) is 13.2 Å². The second-order valence-electron chi connectivity index (χ2n) is 7.69. The van der Waals surface area contributed by atoms with Crippen LogP contribution in [0.15, 0.2) is 24.3 Å². The molecule has 12 heteroatoms. The number of likely N-dealkylation sites (tertiary alicyclic amines) is 1. The Bertz CT molecular complexity index is 854. The van der Waals surface area contributed by atoms with Crippen molar-refractivity contribution in [2.24, 2.45) is 5.92 Å². The van der Waals surface area contributed by atoms with Gasteiger partial charge in [-0.25, -0.2) is 9.59 Å². The zero-order valence-corrected chi connectivity index (χ0v) is 18.2. The fraction of sp³-hybridized carbons (Fsp3) is 0.524. The minimum atomic E-state index is -5.08. The molecule has 2 saturated heterocycles. The number of amides is 4. The number of piperidine rings is 1. The molecule has 3 rings (SSSR count). The van der Waals surface area contributed by atoms with Gasteiger partial charge >= 0.3 is 18.2 Å². The summed E-state index contributed by atoms with van der Waals surface area (Å²) in [5, 5.41) is 13.0. The first-order chi connectivity index (χ1) is 15.5. The lowest BCUT2D eigenvalue weighted by Crippen LogP contribution is -2.40. The van der Waals surface area contributed by atoms with Gasteiger partial charge in [-0.15, -0.1) is 0 Å². The molecular weight excluding hydrogens is 445 g/mol. The lowest BCUT2D eigenvalue weighted by atomic mass is 9.96. The van der Waals surface area contributed by atoms with Crippen molar-refractivity contribution < 1.29 is 37.5 Å². The van der Waals surface area contributed by atoms with Crippen molar-refractivity contribution in [1.29, 1.82) is 0 Å². The fourth-order valence-corrected chi connectivity index (χ4v) is 3.47. The normalized spacial score (nSPS) is 16.8. The average Bonchev–Trinajstić information content (AvgIpc) is 3.09. The van der Waals surface area contributed by atoms with Gasteiger partial charge in [-0.05, 0) is 49.5 Å². The number of nitrogens with one attached hydrogen (secondary N) is 2. The van der Waals surface area contributed by atoms with Crippen LogP contribution >= 0.6 is 0 Å². The molecule has 2 aliphatic heterocycles. The molecule has 3 N–H and O–H groups in total. The summed E-state index contributed by atoms with van der Waals surface area (Å²) in [5.74, 6) is -2.35. The highest BCUT2D eigenvalue weighted by atomic mass is 19.4. The van der Waals surface area contributed by atoms with Crippen LogP contribution in [0.3, 0.4) is 0 Å². The summed E-state index contributed by atoms with van der Waals surface area (Å²) in [5.41, 5.74) is 1.39. The molecule has 182 valence electrons. The molecular formula is C21H27F3N4O5. The largest absolute Gasteiger partial charge is 0.490 e. The van der Waals surface area contributed by atoms with Crippen LogP contribution in [0.4, 0.5) is 18.0 Å². The molecule has 0 spiro atoms. The predicted molar refractivity (Wildman–Crippen MR) is 111 cm³/mol. The number of benzene rings is 1. The van der Waals surface area contributed by atoms with E-state index in [0.29, 0.717) is 11.5 Å². The van der Waals surface area contributed by atoms with Gasteiger partial charge in [0.2, 0.25) is 5.91 Å². The number of hydrogen-bond acceptors (Lipinski definition) is 5. The van der Waals surface area contributed by atoms with Crippen LogP contribution in [0.1, 0.15) is 35.7 Å². The number of carbonyl (C=O) groups excluding carboxylic acids is 3. The molecule has 0 aromatic heterocycles. The van der Waals surface area contributed by atoms with Crippen LogP contribution in [-0.4, -0.2) is 77.6 Å². The molecule has 0 radical (unpaired) electrons. The van der Waals surface area contributed by atoms with Gasteiger partial charge in [0, 0.05) is 18.7 Å². The summed E-state index contributed by atoms with van der Waals surface area (Å²) < 4.78 is 31.7. The summed E-state index contributed by atoms with van der Waals surface area (Å²) >= 11 is 0. The molecule has 0 unspecified atom stereocenters. The topological polar surface area (TPSA) is 119 Å². The smallest absolute Gasteiger partial charge is 0.475 e. The van der Waals surface area contributed by atoms with E-state index in [0.717, 1.165) is 44.6 Å². The first kappa shape index (κ1) is 26.1. The lowest BCUT2D eigenvalue weighted by molar-refractivity contribution is -0.192. The van der Waals surface area contributed by atoms with Gasteiger partial charge in [-0.1, -0.05) is 19.1 Å². The Morgan fingerprint density at radius 2 is 1.85 bits per heavy atom. The minimum Gasteiger partial charge on any atom is -0.475 e. The number of halogens is 3. The Morgan fingerprint density at radius 3 is 2.36 bits per heavy atom. The van der Waals surface area contributed by atoms with Gasteiger partial charge < -0.3 is 20.6 Å². The molecule has 33 heavy (non-hydrogen) atoms. The highest BCUT2D eigenvalue weighted by Gasteiger charge is 2.38. The second kappa shape index (κ2) is 11.6. The monoisotopic (exact) mass is 472 g/mol. The number of carboxylic acids is 1. The molecule has 0 bridgehead atoms. The number of rotatable bonds is 6. The molecule has 1 aromatic rings. The molecule has 9 nitrogen and oxygen atoms in total. The third-order valence-electron chi connectivity index (χ3n) is 5.28. The highest BCUT2D eigenvalue weighted by Crippen LogP contribution is 2.19. The van der Waals surface area contributed by atoms with E-state index in [1.807, 2.05) is 11.0 Å². The molecule has 2 aliphatic rings. The standard InChI is InChI=1S/C19H26N4O3.C2HF3O2/c1-2-20-11-14-6-8-22(9-7-14)18(25)16-5-3-4-15(10-16)13-23-17(24)12-21-19(23)26;3-2(4,5)1(6)7/h3-5,10,14,20H,2,6-9,11-13H2,1H3,(H,21,26);(H,6,7). The quantitative estimate of drug-likeness (QED) is 0.544. The molecule has 0 atom stereocenters. The van der Waals surface area contributed by atoms with Crippen LogP contribution in [0.25, 0.3) is 0 Å². The van der Waals surface area contributed by atoms with E-state index < -0.39 is 12.1 Å². The van der Waals surface area contributed by atoms with Crippen molar-refractivity contribution in [2.45, 2.75) is 32.5 Å². The van der Waals surface area contributed by atoms with Gasteiger partial charge in [0.1, 0.15) is 0 Å². The van der Waals surface area contributed by atoms with Crippen molar-refractivity contribution in [3.05, 3.63) is 35.4 Å². The van der Waals surface area contributed by atoms with Crippen LogP contribution < -0.4 is 10.6 Å². The molecule has 2 fully saturated rings. The number of alkyl halides is 3. The molecule has 2 heterocycles. The predicted octanol–water partition coefficient (Wildman–Crippen LogP) is 1.83. The summed E-state index contributed by atoms with van der Waals surface area (Å²) in [6.45, 7) is 5.86. The highest BCUT2D eigenvalue weighted by molar-refractivity contribution is 6.02. The van der Waals surface area contributed by atoms with E-state index in [1.54, 1.807) is 18.2 Å². The Hall–Kier alpha value is -3.15. The Kier molecular flexibility index (Phi) is 9.21. The molecule has 4 amide bonds. The summed E-state index contributed by atoms with van der Waals surface area (Å²) in [4.78, 5) is 48.2. The number of carbonyl (C=O) groups is 4. The van der Waals surface area contributed by atoms with Gasteiger partial charge in [0.05, 0.1) is 13.1 Å². The van der Waals surface area contributed by atoms with Crippen LogP contribution in [0.5, 0.6) is 0 Å². The fourth-order valence-electron chi connectivity index (χ4n) is 3.47. The number of hydrogen-bond donors (Lipinski definition) is 3. The maximum atomic E-state index is 12.8. The minimum absolute atomic E-state index is 0.0194. The van der Waals surface area contributed by atoms with E-state index in [2.05, 4.69) is 17.6 Å². The van der Waals surface area contributed by atoms with Crippen LogP contribution in [0, 0.1) is 5.92 Å². The summed E-state index contributed by atoms with van der Waals surface area (Å²) in [6.07, 6.45) is -3.05. The van der Waals surface area contributed by atoms with Gasteiger partial charge in [-0.3, -0.25) is 14.5 Å². The Balaban J connectivity index is 0.000000479. The van der Waals surface area contributed by atoms with E-state index in [1.165, 1.54) is 4.90 Å². The average molecular weight is 472 g/mol. The molecule has 0 saturated carbocycles. The van der Waals surface area contributed by atoms with Crippen molar-refractivity contribution in [3.63, 3.8) is 0 Å². The van der Waals surface area contributed by atoms with E-state index >= 15 is 0 Å². The maximum Gasteiger partial charge on any atom is 0.490 e. The number of aliphatic carboxylic acids is 1. The zero-order chi connectivity index (χ0) is 24.6. The maximum absolute atomic E-state index is 12.8. The van der Waals surface area contributed by atoms with E-state index in [4.69, 9.17) is 9.90 Å². The molecule has 1 aromatic carbocycles. The summed E-state index contributed by atoms with van der Waals surface area (Å²) in [7, 11) is 0. The second-order valence-corrected chi connectivity index (χ2v) is 7.69. The van der Waals surface area contributed by atoms with Crippen LogP contribution in [-0.2, 0) is 16.1 Å². The van der Waals surface area contributed by atoms with E-state index in [9.17, 15) is 27.6 Å². The van der Waals surface area contributed by atoms with Crippen molar-refractivity contribution in [1.82, 2.24) is 20.4 Å². The third-order valence-corrected chi connectivity index (χ3v) is 5.28. The number of carboxylic acid groups (broad SMARTS) is 1. The first-order valence-electron chi connectivity index (χ1n) is 10.5. The van der Waals surface area contributed by atoms with Gasteiger partial charge in [0.15, 0.2) is 0 Å². The molecule has 0 aliphatic carbocycles. The SMILES string of the molecule is CCNCC1CCN(C(=O)c2cccc(CN3C(=O)CNC3=O)c2)CC1.O=C(O)C(F)(F)F. The number of nitrogens with zero attached hydrogens (tertiary/aromatic N) is 2. The Labute approximate surface area is 188 Å². The van der Waals surface area contributed by atoms with Crippen molar-refractivity contribution in [2.75, 3.05) is 32.7 Å². The first-order valence-corrected chi connectivity index (χ1v) is 10.5. The van der Waals surface area contributed by atoms with Crippen molar-refractivity contribution in [3.8, 4) is 0 Å². The van der Waals surface area contributed by atoms with Crippen molar-refractivity contribution >= 4 is 23.8 Å². The third kappa shape index (κ3) is 7.74. The van der Waals surface area contributed by atoms with Gasteiger partial charge in [0.25, 0.3) is 5.91 Å². The number of urea groups is 1. The van der Waals surface area contributed by atoms with E-state index in [-0.39, 0.29) is 30.9 Å². The number of imide groups is 1. The zero-order valence-electron chi connectivity index (χ0n) is 18.2.